The predicted molar refractivity (Wildman–Crippen MR) is 89.7 cm³/mol. The molecule has 2 rings (SSSR count). The molecule has 1 aliphatic heterocycles. The fourth-order valence-corrected chi connectivity index (χ4v) is 3.43. The lowest BCUT2D eigenvalue weighted by atomic mass is 9.96. The molecular formula is C17H22F2N2O2S. The van der Waals surface area contributed by atoms with Crippen LogP contribution in [0.4, 0.5) is 8.78 Å². The first-order valence-electron chi connectivity index (χ1n) is 8.14. The Hall–Kier alpha value is -1.63. The molecule has 1 aliphatic rings. The summed E-state index contributed by atoms with van der Waals surface area (Å²) < 4.78 is 26.4. The number of benzene rings is 1. The third-order valence-electron chi connectivity index (χ3n) is 4.01. The first-order valence-corrected chi connectivity index (χ1v) is 9.13. The Morgan fingerprint density at radius 3 is 2.62 bits per heavy atom. The van der Waals surface area contributed by atoms with Crippen LogP contribution in [-0.4, -0.2) is 42.1 Å². The number of nitrogens with zero attached hydrogens (tertiary/aromatic N) is 1. The van der Waals surface area contributed by atoms with Crippen molar-refractivity contribution in [1.82, 2.24) is 10.2 Å². The summed E-state index contributed by atoms with van der Waals surface area (Å²) in [5.41, 5.74) is 0. The molecule has 0 aromatic heterocycles. The van der Waals surface area contributed by atoms with Gasteiger partial charge in [0.2, 0.25) is 11.8 Å². The molecule has 1 aromatic carbocycles. The monoisotopic (exact) mass is 356 g/mol. The van der Waals surface area contributed by atoms with E-state index in [2.05, 4.69) is 5.32 Å². The van der Waals surface area contributed by atoms with E-state index in [-0.39, 0.29) is 28.4 Å². The molecule has 132 valence electrons. The van der Waals surface area contributed by atoms with E-state index in [0.717, 1.165) is 24.2 Å². The summed E-state index contributed by atoms with van der Waals surface area (Å²) in [7, 11) is 0. The number of likely N-dealkylation sites (tertiary alicyclic amines) is 1. The van der Waals surface area contributed by atoms with Gasteiger partial charge in [0.05, 0.1) is 5.75 Å². The van der Waals surface area contributed by atoms with Crippen LogP contribution in [0.15, 0.2) is 23.1 Å². The van der Waals surface area contributed by atoms with Gasteiger partial charge in [0.25, 0.3) is 0 Å². The minimum Gasteiger partial charge on any atom is -0.356 e. The molecule has 0 spiro atoms. The highest BCUT2D eigenvalue weighted by Gasteiger charge is 2.27. The van der Waals surface area contributed by atoms with Crippen molar-refractivity contribution in [3.05, 3.63) is 29.8 Å². The lowest BCUT2D eigenvalue weighted by molar-refractivity contribution is -0.133. The highest BCUT2D eigenvalue weighted by atomic mass is 32.2. The SMILES string of the molecule is CCCNC(=O)C1CCN(C(=O)CSc2ccc(F)cc2F)CC1. The second-order valence-corrected chi connectivity index (χ2v) is 6.83. The average molecular weight is 356 g/mol. The summed E-state index contributed by atoms with van der Waals surface area (Å²) in [6, 6.07) is 3.33. The van der Waals surface area contributed by atoms with Crippen LogP contribution in [-0.2, 0) is 9.59 Å². The number of carbonyl (C=O) groups excluding carboxylic acids is 2. The summed E-state index contributed by atoms with van der Waals surface area (Å²) in [6.45, 7) is 3.76. The van der Waals surface area contributed by atoms with Crippen LogP contribution in [0.5, 0.6) is 0 Å². The fraction of sp³-hybridized carbons (Fsp3) is 0.529. The average Bonchev–Trinajstić information content (AvgIpc) is 2.58. The van der Waals surface area contributed by atoms with Crippen molar-refractivity contribution in [2.75, 3.05) is 25.4 Å². The van der Waals surface area contributed by atoms with Crippen LogP contribution in [0.25, 0.3) is 0 Å². The molecule has 0 saturated carbocycles. The highest BCUT2D eigenvalue weighted by Crippen LogP contribution is 2.24. The minimum absolute atomic E-state index is 0.0391. The number of piperidine rings is 1. The van der Waals surface area contributed by atoms with E-state index in [0.29, 0.717) is 32.5 Å². The van der Waals surface area contributed by atoms with Crippen molar-refractivity contribution in [1.29, 1.82) is 0 Å². The summed E-state index contributed by atoms with van der Waals surface area (Å²) in [6.07, 6.45) is 2.20. The quantitative estimate of drug-likeness (QED) is 0.798. The number of amides is 2. The third-order valence-corrected chi connectivity index (χ3v) is 5.05. The molecule has 0 radical (unpaired) electrons. The standard InChI is InChI=1S/C17H22F2N2O2S/c1-2-7-20-17(23)12-5-8-21(9-6-12)16(22)11-24-15-4-3-13(18)10-14(15)19/h3-4,10,12H,2,5-9,11H2,1H3,(H,20,23). The predicted octanol–water partition coefficient (Wildman–Crippen LogP) is 2.82. The molecule has 0 unspecified atom stereocenters. The first kappa shape index (κ1) is 18.7. The second kappa shape index (κ2) is 9.01. The molecule has 4 nitrogen and oxygen atoms in total. The van der Waals surface area contributed by atoms with E-state index < -0.39 is 11.6 Å². The Morgan fingerprint density at radius 1 is 1.29 bits per heavy atom. The lowest BCUT2D eigenvalue weighted by Gasteiger charge is -2.31. The Balaban J connectivity index is 1.77. The summed E-state index contributed by atoms with van der Waals surface area (Å²) in [5.74, 6) is -1.24. The largest absolute Gasteiger partial charge is 0.356 e. The molecule has 2 amide bonds. The molecular weight excluding hydrogens is 334 g/mol. The third kappa shape index (κ3) is 5.19. The normalized spacial score (nSPS) is 15.4. The van der Waals surface area contributed by atoms with E-state index in [1.165, 1.54) is 12.1 Å². The Labute approximate surface area is 145 Å². The van der Waals surface area contributed by atoms with Crippen molar-refractivity contribution >= 4 is 23.6 Å². The zero-order chi connectivity index (χ0) is 17.5. The van der Waals surface area contributed by atoms with Gasteiger partial charge in [-0.25, -0.2) is 8.78 Å². The first-order chi connectivity index (χ1) is 11.5. The van der Waals surface area contributed by atoms with Crippen LogP contribution in [0.1, 0.15) is 26.2 Å². The molecule has 1 fully saturated rings. The zero-order valence-corrected chi connectivity index (χ0v) is 14.5. The molecule has 0 atom stereocenters. The number of hydrogen-bond acceptors (Lipinski definition) is 3. The van der Waals surface area contributed by atoms with Gasteiger partial charge in [-0.2, -0.15) is 0 Å². The van der Waals surface area contributed by atoms with E-state index in [1.54, 1.807) is 4.90 Å². The van der Waals surface area contributed by atoms with Crippen molar-refractivity contribution in [2.45, 2.75) is 31.1 Å². The van der Waals surface area contributed by atoms with E-state index >= 15 is 0 Å². The Kier molecular flexibility index (Phi) is 7.02. The van der Waals surface area contributed by atoms with Gasteiger partial charge in [-0.3, -0.25) is 9.59 Å². The topological polar surface area (TPSA) is 49.4 Å². The smallest absolute Gasteiger partial charge is 0.232 e. The molecule has 1 N–H and O–H groups in total. The number of rotatable bonds is 6. The minimum atomic E-state index is -0.654. The second-order valence-electron chi connectivity index (χ2n) is 5.81. The van der Waals surface area contributed by atoms with Crippen molar-refractivity contribution < 1.29 is 18.4 Å². The van der Waals surface area contributed by atoms with Crippen LogP contribution in [0, 0.1) is 17.6 Å². The molecule has 24 heavy (non-hydrogen) atoms. The van der Waals surface area contributed by atoms with Crippen molar-refractivity contribution in [3.8, 4) is 0 Å². The maximum Gasteiger partial charge on any atom is 0.232 e. The zero-order valence-electron chi connectivity index (χ0n) is 13.7. The number of thioether (sulfide) groups is 1. The van der Waals surface area contributed by atoms with Gasteiger partial charge in [-0.1, -0.05) is 6.92 Å². The van der Waals surface area contributed by atoms with Crippen LogP contribution >= 0.6 is 11.8 Å². The van der Waals surface area contributed by atoms with E-state index in [4.69, 9.17) is 0 Å². The summed E-state index contributed by atoms with van der Waals surface area (Å²) in [5, 5.41) is 2.88. The van der Waals surface area contributed by atoms with Gasteiger partial charge in [-0.05, 0) is 31.4 Å². The Bertz CT molecular complexity index is 590. The van der Waals surface area contributed by atoms with Crippen molar-refractivity contribution in [2.24, 2.45) is 5.92 Å². The molecule has 1 heterocycles. The number of nitrogens with one attached hydrogen (secondary N) is 1. The van der Waals surface area contributed by atoms with Gasteiger partial charge in [0, 0.05) is 36.5 Å². The molecule has 0 bridgehead atoms. The maximum atomic E-state index is 13.6. The van der Waals surface area contributed by atoms with Crippen LogP contribution in [0.3, 0.4) is 0 Å². The number of carbonyl (C=O) groups is 2. The van der Waals surface area contributed by atoms with Gasteiger partial charge in [-0.15, -0.1) is 11.8 Å². The van der Waals surface area contributed by atoms with E-state index in [1.807, 2.05) is 6.92 Å². The van der Waals surface area contributed by atoms with Crippen LogP contribution in [0.2, 0.25) is 0 Å². The molecule has 0 aliphatic carbocycles. The van der Waals surface area contributed by atoms with Crippen molar-refractivity contribution in [3.63, 3.8) is 0 Å². The van der Waals surface area contributed by atoms with Crippen LogP contribution < -0.4 is 5.32 Å². The number of hydrogen-bond donors (Lipinski definition) is 1. The summed E-state index contributed by atoms with van der Waals surface area (Å²) >= 11 is 1.06. The van der Waals surface area contributed by atoms with Gasteiger partial charge >= 0.3 is 0 Å². The number of halogens is 2. The molecule has 7 heteroatoms. The highest BCUT2D eigenvalue weighted by molar-refractivity contribution is 8.00. The van der Waals surface area contributed by atoms with Gasteiger partial charge in [0.1, 0.15) is 11.6 Å². The molecule has 1 aromatic rings. The fourth-order valence-electron chi connectivity index (χ4n) is 2.61. The lowest BCUT2D eigenvalue weighted by Crippen LogP contribution is -2.43. The molecule has 1 saturated heterocycles. The van der Waals surface area contributed by atoms with E-state index in [9.17, 15) is 18.4 Å². The Morgan fingerprint density at radius 2 is 2.00 bits per heavy atom. The van der Waals surface area contributed by atoms with Gasteiger partial charge in [0.15, 0.2) is 0 Å². The maximum absolute atomic E-state index is 13.6. The summed E-state index contributed by atoms with van der Waals surface area (Å²) in [4.78, 5) is 26.1. The van der Waals surface area contributed by atoms with Gasteiger partial charge < -0.3 is 10.2 Å².